The summed E-state index contributed by atoms with van der Waals surface area (Å²) in [7, 11) is 1.54. The Morgan fingerprint density at radius 3 is 2.81 bits per heavy atom. The molecule has 2 rings (SSSR count). The van der Waals surface area contributed by atoms with E-state index in [9.17, 15) is 4.79 Å². The van der Waals surface area contributed by atoms with Crippen molar-refractivity contribution in [1.82, 2.24) is 4.98 Å². The number of aromatic nitrogens is 1. The maximum Gasteiger partial charge on any atom is 0.328 e. The molecule has 108 valence electrons. The number of methoxy groups -OCH3 is 1. The fourth-order valence-corrected chi connectivity index (χ4v) is 1.77. The van der Waals surface area contributed by atoms with Crippen LogP contribution in [0.15, 0.2) is 48.7 Å². The van der Waals surface area contributed by atoms with E-state index in [0.717, 1.165) is 11.8 Å². The maximum absolute atomic E-state index is 10.6. The highest BCUT2D eigenvalue weighted by Crippen LogP contribution is 2.32. The zero-order valence-corrected chi connectivity index (χ0v) is 11.5. The van der Waals surface area contributed by atoms with Crippen molar-refractivity contribution in [2.24, 2.45) is 0 Å². The second-order valence-electron chi connectivity index (χ2n) is 4.16. The van der Waals surface area contributed by atoms with Gasteiger partial charge in [-0.05, 0) is 24.3 Å². The van der Waals surface area contributed by atoms with Gasteiger partial charge < -0.3 is 14.6 Å². The van der Waals surface area contributed by atoms with Crippen LogP contribution in [0.2, 0.25) is 0 Å². The number of carboxylic acid groups (broad SMARTS) is 1. The number of carboxylic acids is 1. The molecule has 0 saturated heterocycles. The minimum Gasteiger partial charge on any atom is -0.493 e. The van der Waals surface area contributed by atoms with Crippen molar-refractivity contribution in [2.45, 2.75) is 6.61 Å². The molecule has 0 fully saturated rings. The molecule has 0 aliphatic rings. The van der Waals surface area contributed by atoms with Crippen LogP contribution >= 0.6 is 0 Å². The molecule has 0 bridgehead atoms. The van der Waals surface area contributed by atoms with Gasteiger partial charge in [0.1, 0.15) is 6.61 Å². The molecular weight excluding hydrogens is 270 g/mol. The van der Waals surface area contributed by atoms with E-state index in [4.69, 9.17) is 14.6 Å². The number of ether oxygens (including phenoxy) is 2. The van der Waals surface area contributed by atoms with Gasteiger partial charge >= 0.3 is 5.97 Å². The van der Waals surface area contributed by atoms with E-state index in [0.29, 0.717) is 17.1 Å². The van der Waals surface area contributed by atoms with Gasteiger partial charge in [-0.25, -0.2) is 4.79 Å². The minimum atomic E-state index is -1.02. The number of pyridine rings is 1. The quantitative estimate of drug-likeness (QED) is 0.826. The van der Waals surface area contributed by atoms with Crippen molar-refractivity contribution in [2.75, 3.05) is 7.11 Å². The van der Waals surface area contributed by atoms with Gasteiger partial charge in [0.05, 0.1) is 12.8 Å². The highest BCUT2D eigenvalue weighted by molar-refractivity contribution is 5.86. The van der Waals surface area contributed by atoms with E-state index in [1.807, 2.05) is 18.2 Å². The first-order valence-corrected chi connectivity index (χ1v) is 6.31. The Morgan fingerprint density at radius 2 is 2.14 bits per heavy atom. The third-order valence-electron chi connectivity index (χ3n) is 2.73. The van der Waals surface area contributed by atoms with Gasteiger partial charge in [-0.1, -0.05) is 18.2 Å². The molecule has 0 spiro atoms. The van der Waals surface area contributed by atoms with Crippen LogP contribution in [0.4, 0.5) is 0 Å². The fourth-order valence-electron chi connectivity index (χ4n) is 1.77. The van der Waals surface area contributed by atoms with Crippen LogP contribution in [-0.2, 0) is 11.4 Å². The summed E-state index contributed by atoms with van der Waals surface area (Å²) in [6.45, 7) is 0.273. The van der Waals surface area contributed by atoms with Gasteiger partial charge in [-0.3, -0.25) is 4.98 Å². The number of nitrogens with zero attached hydrogens (tertiary/aromatic N) is 1. The number of benzene rings is 1. The van der Waals surface area contributed by atoms with Gasteiger partial charge in [0.2, 0.25) is 0 Å². The van der Waals surface area contributed by atoms with Crippen LogP contribution in [-0.4, -0.2) is 23.2 Å². The molecule has 5 heteroatoms. The lowest BCUT2D eigenvalue weighted by atomic mass is 10.1. The van der Waals surface area contributed by atoms with Gasteiger partial charge in [-0.15, -0.1) is 0 Å². The summed E-state index contributed by atoms with van der Waals surface area (Å²) in [5.41, 5.74) is 1.41. The highest BCUT2D eigenvalue weighted by Gasteiger charge is 2.09. The second-order valence-corrected chi connectivity index (χ2v) is 4.16. The van der Waals surface area contributed by atoms with Crippen molar-refractivity contribution < 1.29 is 19.4 Å². The van der Waals surface area contributed by atoms with Crippen LogP contribution in [0.5, 0.6) is 11.5 Å². The lowest BCUT2D eigenvalue weighted by molar-refractivity contribution is -0.131. The zero-order chi connectivity index (χ0) is 15.1. The Bertz CT molecular complexity index is 638. The van der Waals surface area contributed by atoms with Gasteiger partial charge in [-0.2, -0.15) is 0 Å². The Labute approximate surface area is 122 Å². The average molecular weight is 285 g/mol. The summed E-state index contributed by atoms with van der Waals surface area (Å²) in [5, 5.41) is 8.73. The molecule has 21 heavy (non-hydrogen) atoms. The monoisotopic (exact) mass is 285 g/mol. The summed E-state index contributed by atoms with van der Waals surface area (Å²) in [6, 6.07) is 10.8. The number of para-hydroxylation sites is 1. The first-order valence-electron chi connectivity index (χ1n) is 6.31. The van der Waals surface area contributed by atoms with Crippen LogP contribution in [0.3, 0.4) is 0 Å². The number of carbonyl (C=O) groups is 1. The maximum atomic E-state index is 10.6. The van der Waals surface area contributed by atoms with Gasteiger partial charge in [0.25, 0.3) is 0 Å². The lowest BCUT2D eigenvalue weighted by Gasteiger charge is -2.13. The smallest absolute Gasteiger partial charge is 0.328 e. The Balaban J connectivity index is 2.25. The predicted octanol–water partition coefficient (Wildman–Crippen LogP) is 2.77. The number of aliphatic carboxylic acids is 1. The molecule has 1 aromatic carbocycles. The third-order valence-corrected chi connectivity index (χ3v) is 2.73. The van der Waals surface area contributed by atoms with E-state index >= 15 is 0 Å². The van der Waals surface area contributed by atoms with Crippen molar-refractivity contribution in [3.8, 4) is 11.5 Å². The van der Waals surface area contributed by atoms with Crippen molar-refractivity contribution in [3.63, 3.8) is 0 Å². The van der Waals surface area contributed by atoms with Crippen LogP contribution in [0.1, 0.15) is 11.3 Å². The zero-order valence-electron chi connectivity index (χ0n) is 11.5. The molecule has 5 nitrogen and oxygen atoms in total. The first kappa shape index (κ1) is 14.6. The molecular formula is C16H15NO4. The molecule has 0 atom stereocenters. The minimum absolute atomic E-state index is 0.273. The molecule has 1 N–H and O–H groups in total. The molecule has 0 unspecified atom stereocenters. The van der Waals surface area contributed by atoms with E-state index in [2.05, 4.69) is 4.98 Å². The number of rotatable bonds is 6. The number of hydrogen-bond donors (Lipinski definition) is 1. The third kappa shape index (κ3) is 4.07. The largest absolute Gasteiger partial charge is 0.493 e. The Hall–Kier alpha value is -2.82. The Kier molecular flexibility index (Phi) is 4.93. The van der Waals surface area contributed by atoms with Crippen LogP contribution in [0, 0.1) is 0 Å². The molecule has 0 aliphatic heterocycles. The molecule has 0 amide bonds. The van der Waals surface area contributed by atoms with Crippen molar-refractivity contribution in [1.29, 1.82) is 0 Å². The molecule has 1 aromatic heterocycles. The Morgan fingerprint density at radius 1 is 1.29 bits per heavy atom. The normalized spacial score (nSPS) is 10.5. The molecule has 0 saturated carbocycles. The van der Waals surface area contributed by atoms with Gasteiger partial charge in [0, 0.05) is 17.8 Å². The molecule has 0 aliphatic carbocycles. The summed E-state index contributed by atoms with van der Waals surface area (Å²) < 4.78 is 11.0. The van der Waals surface area contributed by atoms with E-state index in [-0.39, 0.29) is 6.61 Å². The van der Waals surface area contributed by atoms with Gasteiger partial charge in [0.15, 0.2) is 11.5 Å². The predicted molar refractivity (Wildman–Crippen MR) is 78.2 cm³/mol. The second kappa shape index (κ2) is 7.09. The van der Waals surface area contributed by atoms with Crippen LogP contribution in [0.25, 0.3) is 6.08 Å². The first-order chi connectivity index (χ1) is 10.2. The summed E-state index contributed by atoms with van der Waals surface area (Å²) in [4.78, 5) is 14.8. The average Bonchev–Trinajstić information content (AvgIpc) is 2.52. The summed E-state index contributed by atoms with van der Waals surface area (Å²) in [5.74, 6) is 0.00937. The standard InChI is InChI=1S/C16H15NO4/c1-20-14-7-4-5-12(8-9-15(18)19)16(14)21-11-13-6-2-3-10-17-13/h2-10H,11H2,1H3,(H,18,19). The topological polar surface area (TPSA) is 68.7 Å². The van der Waals surface area contributed by atoms with Crippen molar-refractivity contribution in [3.05, 3.63) is 59.9 Å². The summed E-state index contributed by atoms with van der Waals surface area (Å²) >= 11 is 0. The molecule has 2 aromatic rings. The van der Waals surface area contributed by atoms with Crippen molar-refractivity contribution >= 4 is 12.0 Å². The van der Waals surface area contributed by atoms with E-state index < -0.39 is 5.97 Å². The summed E-state index contributed by atoms with van der Waals surface area (Å²) in [6.07, 6.45) is 4.22. The fraction of sp³-hybridized carbons (Fsp3) is 0.125. The molecule has 0 radical (unpaired) electrons. The number of hydrogen-bond acceptors (Lipinski definition) is 4. The van der Waals surface area contributed by atoms with E-state index in [1.54, 1.807) is 24.4 Å². The highest BCUT2D eigenvalue weighted by atomic mass is 16.5. The van der Waals surface area contributed by atoms with Crippen LogP contribution < -0.4 is 9.47 Å². The molecule has 1 heterocycles. The SMILES string of the molecule is COc1cccc(C=CC(=O)O)c1OCc1ccccn1. The van der Waals surface area contributed by atoms with E-state index in [1.165, 1.54) is 13.2 Å². The lowest BCUT2D eigenvalue weighted by Crippen LogP contribution is -2.01.